The summed E-state index contributed by atoms with van der Waals surface area (Å²) in [7, 11) is 0. The Kier molecular flexibility index (Phi) is 5.58. The van der Waals surface area contributed by atoms with Crippen LogP contribution in [0, 0.1) is 10.1 Å². The number of thiophene rings is 1. The van der Waals surface area contributed by atoms with Crippen molar-refractivity contribution in [3.05, 3.63) is 90.0 Å². The number of aromatic nitrogens is 4. The first-order valence-corrected chi connectivity index (χ1v) is 13.3. The van der Waals surface area contributed by atoms with Gasteiger partial charge in [-0.25, -0.2) is 8.97 Å². The highest BCUT2D eigenvalue weighted by molar-refractivity contribution is 7.98. The molecule has 0 radical (unpaired) electrons. The molecule has 0 atom stereocenters. The number of hydrogen-bond donors (Lipinski definition) is 0. The fourth-order valence-electron chi connectivity index (χ4n) is 4.50. The van der Waals surface area contributed by atoms with Gasteiger partial charge in [-0.3, -0.25) is 14.9 Å². The molecule has 0 spiro atoms. The van der Waals surface area contributed by atoms with E-state index in [0.717, 1.165) is 47.0 Å². The van der Waals surface area contributed by atoms with E-state index in [2.05, 4.69) is 10.2 Å². The number of fused-ring (bicyclic) bond motifs is 5. The zero-order valence-electron chi connectivity index (χ0n) is 18.3. The lowest BCUT2D eigenvalue weighted by Crippen LogP contribution is -2.22. The summed E-state index contributed by atoms with van der Waals surface area (Å²) < 4.78 is 3.59. The standard InChI is InChI=1S/C24H18ClN5O3S2/c25-15-7-11-16(12-8-15)28-21(31)20-18-3-1-2-4-19(18)35-22(20)29-23(28)26-27-24(29)34-13-14-5-9-17(10-6-14)30(32)33/h5-12H,1-4,13H2. The predicted molar refractivity (Wildman–Crippen MR) is 138 cm³/mol. The minimum atomic E-state index is -0.408. The first kappa shape index (κ1) is 22.3. The average molecular weight is 524 g/mol. The maximum Gasteiger partial charge on any atom is 0.269 e. The van der Waals surface area contributed by atoms with Crippen LogP contribution in [0.2, 0.25) is 5.02 Å². The number of halogens is 1. The molecule has 0 amide bonds. The maximum absolute atomic E-state index is 13.8. The van der Waals surface area contributed by atoms with Gasteiger partial charge >= 0.3 is 0 Å². The van der Waals surface area contributed by atoms with Crippen LogP contribution in [-0.4, -0.2) is 24.1 Å². The molecule has 0 saturated heterocycles. The third kappa shape index (κ3) is 3.81. The van der Waals surface area contributed by atoms with E-state index in [1.165, 1.54) is 28.8 Å². The summed E-state index contributed by atoms with van der Waals surface area (Å²) in [5.74, 6) is 1.01. The molecule has 8 nitrogen and oxygen atoms in total. The van der Waals surface area contributed by atoms with E-state index >= 15 is 0 Å². The summed E-state index contributed by atoms with van der Waals surface area (Å²) in [5, 5.41) is 21.8. The molecule has 6 rings (SSSR count). The van der Waals surface area contributed by atoms with Gasteiger partial charge in [-0.2, -0.15) is 0 Å². The summed E-state index contributed by atoms with van der Waals surface area (Å²) in [6.07, 6.45) is 4.06. The van der Waals surface area contributed by atoms with Crippen LogP contribution in [0.3, 0.4) is 0 Å². The van der Waals surface area contributed by atoms with Crippen LogP contribution in [0.1, 0.15) is 28.8 Å². The van der Waals surface area contributed by atoms with Gasteiger partial charge in [0.15, 0.2) is 5.16 Å². The van der Waals surface area contributed by atoms with Crippen molar-refractivity contribution in [1.82, 2.24) is 19.2 Å². The van der Waals surface area contributed by atoms with E-state index in [1.54, 1.807) is 40.2 Å². The van der Waals surface area contributed by atoms with E-state index in [0.29, 0.717) is 27.4 Å². The highest BCUT2D eigenvalue weighted by Crippen LogP contribution is 2.37. The summed E-state index contributed by atoms with van der Waals surface area (Å²) in [6, 6.07) is 13.6. The highest BCUT2D eigenvalue weighted by atomic mass is 35.5. The van der Waals surface area contributed by atoms with Crippen LogP contribution in [0.4, 0.5) is 5.69 Å². The van der Waals surface area contributed by atoms with Crippen LogP contribution in [0.5, 0.6) is 0 Å². The molecule has 2 aromatic carbocycles. The Morgan fingerprint density at radius 3 is 2.54 bits per heavy atom. The van der Waals surface area contributed by atoms with Gasteiger partial charge in [0.05, 0.1) is 16.0 Å². The Morgan fingerprint density at radius 2 is 1.80 bits per heavy atom. The Hall–Kier alpha value is -3.21. The van der Waals surface area contributed by atoms with Crippen LogP contribution >= 0.6 is 34.7 Å². The molecule has 0 saturated carbocycles. The number of benzene rings is 2. The van der Waals surface area contributed by atoms with Gasteiger partial charge in [0, 0.05) is 27.8 Å². The predicted octanol–water partition coefficient (Wildman–Crippen LogP) is 5.83. The minimum absolute atomic E-state index is 0.0598. The van der Waals surface area contributed by atoms with Gasteiger partial charge in [0.25, 0.3) is 11.2 Å². The minimum Gasteiger partial charge on any atom is -0.268 e. The Labute approximate surface area is 212 Å². The van der Waals surface area contributed by atoms with Crippen LogP contribution in [-0.2, 0) is 18.6 Å². The van der Waals surface area contributed by atoms with Crippen molar-refractivity contribution in [2.45, 2.75) is 36.6 Å². The SMILES string of the molecule is O=c1c2c3c(sc2n2c(SCc4ccc([N+](=O)[O-])cc4)nnc2n1-c1ccc(Cl)cc1)CCCC3. The molecular weight excluding hydrogens is 506 g/mol. The lowest BCUT2D eigenvalue weighted by molar-refractivity contribution is -0.384. The number of thioether (sulfide) groups is 1. The van der Waals surface area contributed by atoms with Crippen LogP contribution in [0.25, 0.3) is 21.7 Å². The Bertz CT molecular complexity index is 1660. The van der Waals surface area contributed by atoms with Gasteiger partial charge in [-0.05, 0) is 61.1 Å². The molecule has 0 unspecified atom stereocenters. The zero-order valence-corrected chi connectivity index (χ0v) is 20.7. The number of hydrogen-bond acceptors (Lipinski definition) is 7. The second-order valence-electron chi connectivity index (χ2n) is 8.34. The second kappa shape index (κ2) is 8.78. The molecule has 0 N–H and O–H groups in total. The average Bonchev–Trinajstić information content (AvgIpc) is 3.46. The van der Waals surface area contributed by atoms with Crippen LogP contribution in [0.15, 0.2) is 58.5 Å². The third-order valence-electron chi connectivity index (χ3n) is 6.19. The smallest absolute Gasteiger partial charge is 0.268 e. The summed E-state index contributed by atoms with van der Waals surface area (Å²) in [6.45, 7) is 0. The maximum atomic E-state index is 13.8. The van der Waals surface area contributed by atoms with Crippen molar-refractivity contribution in [2.75, 3.05) is 0 Å². The lowest BCUT2D eigenvalue weighted by Gasteiger charge is -2.12. The van der Waals surface area contributed by atoms with Crippen molar-refractivity contribution < 1.29 is 4.92 Å². The molecular formula is C24H18ClN5O3S2. The summed E-state index contributed by atoms with van der Waals surface area (Å²) in [4.78, 5) is 26.5. The van der Waals surface area contributed by atoms with Crippen molar-refractivity contribution >= 4 is 56.4 Å². The van der Waals surface area contributed by atoms with E-state index < -0.39 is 4.92 Å². The van der Waals surface area contributed by atoms with Gasteiger partial charge < -0.3 is 0 Å². The largest absolute Gasteiger partial charge is 0.269 e. The molecule has 0 fully saturated rings. The number of nitro groups is 1. The van der Waals surface area contributed by atoms with E-state index in [-0.39, 0.29) is 11.2 Å². The lowest BCUT2D eigenvalue weighted by atomic mass is 9.97. The molecule has 35 heavy (non-hydrogen) atoms. The monoisotopic (exact) mass is 523 g/mol. The fraction of sp³-hybridized carbons (Fsp3) is 0.208. The molecule has 176 valence electrons. The zero-order chi connectivity index (χ0) is 24.1. The van der Waals surface area contributed by atoms with Gasteiger partial charge in [-0.1, -0.05) is 35.5 Å². The number of non-ortho nitro benzene ring substituents is 1. The quantitative estimate of drug-likeness (QED) is 0.163. The Balaban J connectivity index is 1.52. The Morgan fingerprint density at radius 1 is 1.06 bits per heavy atom. The van der Waals surface area contributed by atoms with Gasteiger partial charge in [0.2, 0.25) is 5.78 Å². The van der Waals surface area contributed by atoms with Crippen molar-refractivity contribution in [2.24, 2.45) is 0 Å². The highest BCUT2D eigenvalue weighted by Gasteiger charge is 2.25. The molecule has 3 aromatic heterocycles. The first-order valence-electron chi connectivity index (χ1n) is 11.1. The molecule has 5 aromatic rings. The number of rotatable bonds is 5. The normalized spacial score (nSPS) is 13.4. The van der Waals surface area contributed by atoms with E-state index in [1.807, 2.05) is 16.5 Å². The van der Waals surface area contributed by atoms with Crippen molar-refractivity contribution in [3.63, 3.8) is 0 Å². The van der Waals surface area contributed by atoms with Crippen molar-refractivity contribution in [1.29, 1.82) is 0 Å². The molecule has 1 aliphatic rings. The van der Waals surface area contributed by atoms with Gasteiger partial charge in [-0.15, -0.1) is 21.5 Å². The second-order valence-corrected chi connectivity index (χ2v) is 10.8. The molecule has 11 heteroatoms. The van der Waals surface area contributed by atoms with Crippen LogP contribution < -0.4 is 5.56 Å². The van der Waals surface area contributed by atoms with E-state index in [9.17, 15) is 14.9 Å². The fourth-order valence-corrected chi connectivity index (χ4v) is 6.95. The number of nitrogens with zero attached hydrogens (tertiary/aromatic N) is 5. The van der Waals surface area contributed by atoms with Crippen molar-refractivity contribution in [3.8, 4) is 5.69 Å². The summed E-state index contributed by atoms with van der Waals surface area (Å²) >= 11 is 9.24. The molecule has 0 bridgehead atoms. The number of aryl methyl sites for hydroxylation is 2. The first-order chi connectivity index (χ1) is 17.0. The molecule has 3 heterocycles. The molecule has 1 aliphatic carbocycles. The third-order valence-corrected chi connectivity index (χ3v) is 8.72. The number of nitro benzene ring substituents is 1. The van der Waals surface area contributed by atoms with E-state index in [4.69, 9.17) is 11.6 Å². The summed E-state index contributed by atoms with van der Waals surface area (Å²) in [5.41, 5.74) is 2.73. The molecule has 0 aliphatic heterocycles. The topological polar surface area (TPSA) is 95.3 Å². The van der Waals surface area contributed by atoms with Gasteiger partial charge in [0.1, 0.15) is 4.83 Å².